The van der Waals surface area contributed by atoms with Crippen LogP contribution in [0.1, 0.15) is 13.8 Å². The minimum atomic E-state index is -1.08. The quantitative estimate of drug-likeness (QED) is 0.340. The summed E-state index contributed by atoms with van der Waals surface area (Å²) in [6.45, 7) is 1.94. The van der Waals surface area contributed by atoms with Crippen molar-refractivity contribution < 1.29 is 25.3 Å². The molecule has 6 heteroatoms. The first kappa shape index (κ1) is 22.6. The van der Waals surface area contributed by atoms with Gasteiger partial charge in [0, 0.05) is 11.9 Å². The number of hydrogen-bond donors (Lipinski definition) is 0. The summed E-state index contributed by atoms with van der Waals surface area (Å²) in [7, 11) is 0. The van der Waals surface area contributed by atoms with Crippen LogP contribution in [0, 0.1) is 0 Å². The van der Waals surface area contributed by atoms with Gasteiger partial charge in [-0.25, -0.2) is 0 Å². The summed E-state index contributed by atoms with van der Waals surface area (Å²) >= 11 is 0. The van der Waals surface area contributed by atoms with Crippen LogP contribution in [0.25, 0.3) is 0 Å². The van der Waals surface area contributed by atoms with Gasteiger partial charge in [-0.3, -0.25) is 0 Å². The molecule has 0 amide bonds. The minimum Gasteiger partial charge on any atom is -0.550 e. The molecule has 5 nitrogen and oxygen atoms in total. The molecule has 0 fully saturated rings. The fraction of sp³-hybridized carbons (Fsp3) is 0.500. The van der Waals surface area contributed by atoms with Gasteiger partial charge in [0.1, 0.15) is 0 Å². The third-order valence-corrected chi connectivity index (χ3v) is 0. The van der Waals surface area contributed by atoms with Crippen LogP contribution < -0.4 is 10.2 Å². The van der Waals surface area contributed by atoms with Crippen LogP contribution in [-0.2, 0) is 9.59 Å². The van der Waals surface area contributed by atoms with Crippen molar-refractivity contribution in [3.8, 4) is 0 Å². The van der Waals surface area contributed by atoms with Gasteiger partial charge in [0.2, 0.25) is 0 Å². The zero-order valence-electron chi connectivity index (χ0n) is 5.84. The van der Waals surface area contributed by atoms with Gasteiger partial charge in [-0.05, 0) is 13.8 Å². The van der Waals surface area contributed by atoms with Crippen molar-refractivity contribution >= 4 is 35.0 Å². The van der Waals surface area contributed by atoms with E-state index < -0.39 is 11.9 Å². The molecule has 0 rings (SSSR count). The molecular formula is C4H8MgO5. The maximum atomic E-state index is 8.89. The minimum absolute atomic E-state index is 0. The summed E-state index contributed by atoms with van der Waals surface area (Å²) in [6.07, 6.45) is 0. The summed E-state index contributed by atoms with van der Waals surface area (Å²) < 4.78 is 0. The van der Waals surface area contributed by atoms with Crippen molar-refractivity contribution in [3.63, 3.8) is 0 Å². The number of rotatable bonds is 0. The smallest absolute Gasteiger partial charge is 0.550 e. The third-order valence-electron chi connectivity index (χ3n) is 0. The first-order valence-electron chi connectivity index (χ1n) is 1.82. The molecular weight excluding hydrogens is 152 g/mol. The molecule has 0 aliphatic rings. The molecule has 0 aliphatic heterocycles. The van der Waals surface area contributed by atoms with E-state index in [1.54, 1.807) is 0 Å². The SMILES string of the molecule is CC(=O)[O-].CC(=O)[O-].O.[Mg+2]. The molecule has 0 aromatic rings. The van der Waals surface area contributed by atoms with Gasteiger partial charge in [0.25, 0.3) is 0 Å². The second-order valence-corrected chi connectivity index (χ2v) is 0.983. The first-order chi connectivity index (χ1) is 3.46. The fourth-order valence-corrected chi connectivity index (χ4v) is 0. The normalized spacial score (nSPS) is 5.00. The Hall–Kier alpha value is -0.334. The summed E-state index contributed by atoms with van der Waals surface area (Å²) in [6, 6.07) is 0. The van der Waals surface area contributed by atoms with E-state index in [0.717, 1.165) is 13.8 Å². The van der Waals surface area contributed by atoms with Gasteiger partial charge < -0.3 is 25.3 Å². The van der Waals surface area contributed by atoms with Crippen molar-refractivity contribution in [1.82, 2.24) is 0 Å². The van der Waals surface area contributed by atoms with Crippen LogP contribution in [0.4, 0.5) is 0 Å². The number of carbonyl (C=O) groups excluding carboxylic acids is 2. The number of carboxylic acid groups (broad SMARTS) is 2. The van der Waals surface area contributed by atoms with Crippen molar-refractivity contribution in [2.24, 2.45) is 0 Å². The number of carboxylic acids is 2. The maximum absolute atomic E-state index is 8.89. The molecule has 0 aromatic carbocycles. The molecule has 0 aromatic heterocycles. The van der Waals surface area contributed by atoms with Gasteiger partial charge in [0.05, 0.1) is 0 Å². The molecule has 0 heterocycles. The Labute approximate surface area is 74.5 Å². The van der Waals surface area contributed by atoms with E-state index in [0.29, 0.717) is 0 Å². The number of carbonyl (C=O) groups is 2. The zero-order chi connectivity index (χ0) is 7.15. The molecule has 0 aliphatic carbocycles. The molecule has 0 spiro atoms. The molecule has 0 saturated heterocycles. The van der Waals surface area contributed by atoms with E-state index in [1.165, 1.54) is 0 Å². The van der Waals surface area contributed by atoms with Gasteiger partial charge in [-0.1, -0.05) is 0 Å². The topological polar surface area (TPSA) is 112 Å². The Bertz CT molecular complexity index is 71.6. The Balaban J connectivity index is -0.0000000300. The zero-order valence-corrected chi connectivity index (χ0v) is 7.25. The average Bonchev–Trinajstić information content (AvgIpc) is 1.25. The predicted molar refractivity (Wildman–Crippen MR) is 30.7 cm³/mol. The molecule has 0 saturated carbocycles. The Morgan fingerprint density at radius 2 is 1.00 bits per heavy atom. The largest absolute Gasteiger partial charge is 2.00 e. The van der Waals surface area contributed by atoms with Crippen LogP contribution in [0.5, 0.6) is 0 Å². The van der Waals surface area contributed by atoms with Crippen LogP contribution >= 0.6 is 0 Å². The van der Waals surface area contributed by atoms with Crippen LogP contribution in [0.15, 0.2) is 0 Å². The van der Waals surface area contributed by atoms with Crippen LogP contribution in [0.2, 0.25) is 0 Å². The molecule has 0 unspecified atom stereocenters. The molecule has 56 valence electrons. The van der Waals surface area contributed by atoms with Crippen LogP contribution in [0.3, 0.4) is 0 Å². The van der Waals surface area contributed by atoms with Gasteiger partial charge in [0.15, 0.2) is 0 Å². The molecule has 0 atom stereocenters. The second kappa shape index (κ2) is 15.9. The molecule has 10 heavy (non-hydrogen) atoms. The van der Waals surface area contributed by atoms with E-state index in [9.17, 15) is 0 Å². The maximum Gasteiger partial charge on any atom is 2.00 e. The predicted octanol–water partition coefficient (Wildman–Crippen LogP) is -3.69. The summed E-state index contributed by atoms with van der Waals surface area (Å²) in [4.78, 5) is 17.8. The van der Waals surface area contributed by atoms with E-state index in [1.807, 2.05) is 0 Å². The average molecular weight is 160 g/mol. The van der Waals surface area contributed by atoms with Crippen LogP contribution in [-0.4, -0.2) is 40.5 Å². The fourth-order valence-electron chi connectivity index (χ4n) is 0. The van der Waals surface area contributed by atoms with Gasteiger partial charge in [-0.15, -0.1) is 0 Å². The molecule has 0 bridgehead atoms. The van der Waals surface area contributed by atoms with Crippen molar-refractivity contribution in [1.29, 1.82) is 0 Å². The molecule has 2 N–H and O–H groups in total. The van der Waals surface area contributed by atoms with Gasteiger partial charge in [-0.2, -0.15) is 0 Å². The second-order valence-electron chi connectivity index (χ2n) is 0.983. The van der Waals surface area contributed by atoms with Crippen molar-refractivity contribution in [2.45, 2.75) is 13.8 Å². The Morgan fingerprint density at radius 3 is 1.00 bits per heavy atom. The standard InChI is InChI=1S/2C2H4O2.Mg.H2O/c2*1-2(3)4;;/h2*1H3,(H,3,4);;1H2/q;;+2;/p-2. The number of hydrogen-bond acceptors (Lipinski definition) is 4. The van der Waals surface area contributed by atoms with E-state index >= 15 is 0 Å². The number of aliphatic carboxylic acids is 2. The van der Waals surface area contributed by atoms with Crippen molar-refractivity contribution in [2.75, 3.05) is 0 Å². The van der Waals surface area contributed by atoms with E-state index in [-0.39, 0.29) is 28.5 Å². The molecule has 0 radical (unpaired) electrons. The monoisotopic (exact) mass is 160 g/mol. The summed E-state index contributed by atoms with van der Waals surface area (Å²) in [5.74, 6) is -2.17. The Morgan fingerprint density at radius 1 is 1.00 bits per heavy atom. The Kier molecular flexibility index (Phi) is 35.9. The van der Waals surface area contributed by atoms with Crippen molar-refractivity contribution in [3.05, 3.63) is 0 Å². The third kappa shape index (κ3) is 3060. The van der Waals surface area contributed by atoms with E-state index in [2.05, 4.69) is 0 Å². The first-order valence-corrected chi connectivity index (χ1v) is 1.82. The van der Waals surface area contributed by atoms with E-state index in [4.69, 9.17) is 19.8 Å². The summed E-state index contributed by atoms with van der Waals surface area (Å²) in [5.41, 5.74) is 0. The van der Waals surface area contributed by atoms with Gasteiger partial charge >= 0.3 is 23.1 Å². The summed E-state index contributed by atoms with van der Waals surface area (Å²) in [5, 5.41) is 17.8.